The molecule has 0 atom stereocenters. The van der Waals surface area contributed by atoms with Crippen molar-refractivity contribution in [3.8, 4) is 11.5 Å². The molecule has 0 saturated carbocycles. The smallest absolute Gasteiger partial charge is 0.338 e. The average molecular weight is 273 g/mol. The van der Waals surface area contributed by atoms with Crippen LogP contribution in [0.1, 0.15) is 10.4 Å². The molecule has 2 aromatic heterocycles. The first-order valence-electron chi connectivity index (χ1n) is 5.67. The van der Waals surface area contributed by atoms with E-state index in [1.54, 1.807) is 12.1 Å². The number of H-pyrrole nitrogens is 2. The lowest BCUT2D eigenvalue weighted by atomic mass is 10.2. The van der Waals surface area contributed by atoms with Gasteiger partial charge in [0.1, 0.15) is 5.82 Å². The molecule has 1 aromatic carbocycles. The van der Waals surface area contributed by atoms with Crippen molar-refractivity contribution in [2.24, 2.45) is 0 Å². The molecule has 0 aliphatic rings. The van der Waals surface area contributed by atoms with Gasteiger partial charge in [-0.15, -0.1) is 0 Å². The van der Waals surface area contributed by atoms with Gasteiger partial charge in [0.25, 0.3) is 0 Å². The van der Waals surface area contributed by atoms with Crippen LogP contribution in [-0.4, -0.2) is 26.0 Å². The molecular formula is C13H8FN3O3. The van der Waals surface area contributed by atoms with E-state index in [1.165, 1.54) is 6.07 Å². The summed E-state index contributed by atoms with van der Waals surface area (Å²) in [5.41, 5.74) is 0.360. The lowest BCUT2D eigenvalue weighted by Gasteiger charge is -1.95. The second-order valence-corrected chi connectivity index (χ2v) is 4.17. The number of carboxylic acids is 1. The average Bonchev–Trinajstić information content (AvgIpc) is 2.80. The Balaban J connectivity index is 2.20. The van der Waals surface area contributed by atoms with Crippen LogP contribution >= 0.6 is 0 Å². The van der Waals surface area contributed by atoms with Crippen LogP contribution in [-0.2, 0) is 0 Å². The largest absolute Gasteiger partial charge is 0.478 e. The van der Waals surface area contributed by atoms with Crippen LogP contribution in [0.4, 0.5) is 4.39 Å². The lowest BCUT2D eigenvalue weighted by molar-refractivity contribution is 0.0692. The van der Waals surface area contributed by atoms with Gasteiger partial charge in [-0.25, -0.2) is 14.2 Å². The summed E-state index contributed by atoms with van der Waals surface area (Å²) in [6, 6.07) is 6.76. The highest BCUT2D eigenvalue weighted by Crippen LogP contribution is 2.21. The Hall–Kier alpha value is -2.96. The van der Waals surface area contributed by atoms with Crippen molar-refractivity contribution in [2.45, 2.75) is 0 Å². The molecule has 0 fully saturated rings. The number of carboxylic acid groups (broad SMARTS) is 1. The van der Waals surface area contributed by atoms with Gasteiger partial charge in [-0.05, 0) is 12.1 Å². The van der Waals surface area contributed by atoms with Crippen molar-refractivity contribution in [1.29, 1.82) is 0 Å². The third kappa shape index (κ3) is 1.95. The van der Waals surface area contributed by atoms with E-state index >= 15 is 0 Å². The van der Waals surface area contributed by atoms with Gasteiger partial charge in [0.15, 0.2) is 5.82 Å². The zero-order valence-electron chi connectivity index (χ0n) is 9.98. The standard InChI is InChI=1S/C13H8FN3O3/c14-7-5-10-9(4-6(7)13(19)20)16-12(17-10)8-2-1-3-11(18)15-8/h1-5H,(H,15,18)(H,16,17)(H,19,20). The van der Waals surface area contributed by atoms with Crippen LogP contribution in [0, 0.1) is 5.82 Å². The highest BCUT2D eigenvalue weighted by Gasteiger charge is 2.14. The molecule has 0 unspecified atom stereocenters. The van der Waals surface area contributed by atoms with Crippen molar-refractivity contribution >= 4 is 17.0 Å². The number of aromatic carboxylic acids is 1. The van der Waals surface area contributed by atoms with Crippen LogP contribution in [0.3, 0.4) is 0 Å². The predicted molar refractivity (Wildman–Crippen MR) is 69.1 cm³/mol. The summed E-state index contributed by atoms with van der Waals surface area (Å²) in [6.45, 7) is 0. The van der Waals surface area contributed by atoms with Crippen LogP contribution < -0.4 is 5.56 Å². The molecule has 7 heteroatoms. The van der Waals surface area contributed by atoms with Gasteiger partial charge in [-0.1, -0.05) is 6.07 Å². The van der Waals surface area contributed by atoms with Crippen molar-refractivity contribution < 1.29 is 14.3 Å². The number of rotatable bonds is 2. The zero-order chi connectivity index (χ0) is 14.3. The maximum atomic E-state index is 13.6. The number of halogens is 1. The maximum absolute atomic E-state index is 13.6. The van der Waals surface area contributed by atoms with E-state index in [-0.39, 0.29) is 5.56 Å². The molecule has 3 N–H and O–H groups in total. The Labute approximate surface area is 110 Å². The number of imidazole rings is 1. The predicted octanol–water partition coefficient (Wildman–Crippen LogP) is 1.76. The number of nitrogens with one attached hydrogen (secondary N) is 2. The quantitative estimate of drug-likeness (QED) is 0.662. The fourth-order valence-electron chi connectivity index (χ4n) is 1.91. The molecule has 0 amide bonds. The Morgan fingerprint density at radius 1 is 1.25 bits per heavy atom. The van der Waals surface area contributed by atoms with Gasteiger partial charge < -0.3 is 15.1 Å². The fourth-order valence-corrected chi connectivity index (χ4v) is 1.91. The number of aromatic nitrogens is 3. The summed E-state index contributed by atoms with van der Waals surface area (Å²) >= 11 is 0. The van der Waals surface area contributed by atoms with Gasteiger partial charge in [0.2, 0.25) is 5.56 Å². The molecule has 0 saturated heterocycles. The SMILES string of the molecule is O=C(O)c1cc2nc(-c3cccc(=O)[nH]3)[nH]c2cc1F. The number of carbonyl (C=O) groups is 1. The number of aromatic amines is 2. The summed E-state index contributed by atoms with van der Waals surface area (Å²) in [7, 11) is 0. The first-order chi connectivity index (χ1) is 9.54. The molecule has 6 nitrogen and oxygen atoms in total. The first-order valence-corrected chi connectivity index (χ1v) is 5.67. The van der Waals surface area contributed by atoms with E-state index in [2.05, 4.69) is 15.0 Å². The molecule has 100 valence electrons. The normalized spacial score (nSPS) is 10.8. The number of hydrogen-bond acceptors (Lipinski definition) is 3. The van der Waals surface area contributed by atoms with Gasteiger partial charge >= 0.3 is 5.97 Å². The highest BCUT2D eigenvalue weighted by atomic mass is 19.1. The minimum Gasteiger partial charge on any atom is -0.478 e. The maximum Gasteiger partial charge on any atom is 0.338 e. The van der Waals surface area contributed by atoms with E-state index < -0.39 is 17.3 Å². The van der Waals surface area contributed by atoms with Crippen molar-refractivity contribution in [2.75, 3.05) is 0 Å². The van der Waals surface area contributed by atoms with E-state index in [4.69, 9.17) is 5.11 Å². The highest BCUT2D eigenvalue weighted by molar-refractivity contribution is 5.93. The van der Waals surface area contributed by atoms with E-state index in [0.717, 1.165) is 12.1 Å². The van der Waals surface area contributed by atoms with Crippen LogP contribution in [0.15, 0.2) is 35.1 Å². The minimum absolute atomic E-state index is 0.291. The zero-order valence-corrected chi connectivity index (χ0v) is 9.98. The summed E-state index contributed by atoms with van der Waals surface area (Å²) in [5.74, 6) is -1.87. The van der Waals surface area contributed by atoms with Crippen LogP contribution in [0.25, 0.3) is 22.6 Å². The van der Waals surface area contributed by atoms with Gasteiger partial charge in [0, 0.05) is 12.1 Å². The Morgan fingerprint density at radius 3 is 2.75 bits per heavy atom. The molecular weight excluding hydrogens is 265 g/mol. The molecule has 0 aliphatic carbocycles. The van der Waals surface area contributed by atoms with Crippen molar-refractivity contribution in [3.05, 3.63) is 52.1 Å². The number of benzene rings is 1. The van der Waals surface area contributed by atoms with Crippen molar-refractivity contribution in [1.82, 2.24) is 15.0 Å². The third-order valence-electron chi connectivity index (χ3n) is 2.82. The monoisotopic (exact) mass is 273 g/mol. The van der Waals surface area contributed by atoms with Crippen LogP contribution in [0.2, 0.25) is 0 Å². The third-order valence-corrected chi connectivity index (χ3v) is 2.82. The molecule has 0 spiro atoms. The Kier molecular flexibility index (Phi) is 2.60. The van der Waals surface area contributed by atoms with Crippen molar-refractivity contribution in [3.63, 3.8) is 0 Å². The molecule has 0 bridgehead atoms. The number of pyridine rings is 1. The summed E-state index contributed by atoms with van der Waals surface area (Å²) in [5, 5.41) is 8.86. The number of hydrogen-bond donors (Lipinski definition) is 3. The minimum atomic E-state index is -1.36. The van der Waals surface area contributed by atoms with E-state index in [0.29, 0.717) is 22.6 Å². The van der Waals surface area contributed by atoms with Gasteiger partial charge in [-0.2, -0.15) is 0 Å². The molecule has 0 aliphatic heterocycles. The molecule has 3 rings (SSSR count). The number of fused-ring (bicyclic) bond motifs is 1. The summed E-state index contributed by atoms with van der Waals surface area (Å²) in [6.07, 6.45) is 0. The molecule has 2 heterocycles. The Bertz CT molecular complexity index is 882. The van der Waals surface area contributed by atoms with Crippen LogP contribution in [0.5, 0.6) is 0 Å². The molecule has 0 radical (unpaired) electrons. The van der Waals surface area contributed by atoms with Gasteiger partial charge in [0.05, 0.1) is 22.3 Å². The topological polar surface area (TPSA) is 98.8 Å². The Morgan fingerprint density at radius 2 is 2.05 bits per heavy atom. The lowest BCUT2D eigenvalue weighted by Crippen LogP contribution is -2.03. The second-order valence-electron chi connectivity index (χ2n) is 4.17. The first kappa shape index (κ1) is 12.1. The molecule has 20 heavy (non-hydrogen) atoms. The van der Waals surface area contributed by atoms with E-state index in [1.807, 2.05) is 0 Å². The fraction of sp³-hybridized carbons (Fsp3) is 0. The second kappa shape index (κ2) is 4.30. The summed E-state index contributed by atoms with van der Waals surface area (Å²) < 4.78 is 13.6. The number of nitrogens with zero attached hydrogens (tertiary/aromatic N) is 1. The van der Waals surface area contributed by atoms with E-state index in [9.17, 15) is 14.0 Å². The summed E-state index contributed by atoms with van der Waals surface area (Å²) in [4.78, 5) is 31.7. The molecule has 3 aromatic rings. The van der Waals surface area contributed by atoms with Gasteiger partial charge in [-0.3, -0.25) is 4.79 Å².